The van der Waals surface area contributed by atoms with Gasteiger partial charge in [-0.3, -0.25) is 0 Å². The summed E-state index contributed by atoms with van der Waals surface area (Å²) in [4.78, 5) is 0. The van der Waals surface area contributed by atoms with Gasteiger partial charge in [-0.05, 0) is 68.2 Å². The molecular formula is C30H30F4O2. The van der Waals surface area contributed by atoms with Gasteiger partial charge in [-0.2, -0.15) is 4.39 Å². The summed E-state index contributed by atoms with van der Waals surface area (Å²) < 4.78 is 69.4. The average molecular weight is 499 g/mol. The largest absolute Gasteiger partial charge is 0.491 e. The molecule has 0 heterocycles. The van der Waals surface area contributed by atoms with E-state index < -0.39 is 23.3 Å². The van der Waals surface area contributed by atoms with Crippen molar-refractivity contribution in [3.63, 3.8) is 0 Å². The van der Waals surface area contributed by atoms with Gasteiger partial charge in [0, 0.05) is 11.1 Å². The van der Waals surface area contributed by atoms with Crippen molar-refractivity contribution in [1.29, 1.82) is 0 Å². The number of hydrogen-bond acceptors (Lipinski definition) is 2. The van der Waals surface area contributed by atoms with Crippen LogP contribution in [0.5, 0.6) is 5.75 Å². The summed E-state index contributed by atoms with van der Waals surface area (Å²) in [6, 6.07) is 13.4. The van der Waals surface area contributed by atoms with E-state index in [-0.39, 0.29) is 42.1 Å². The van der Waals surface area contributed by atoms with Crippen molar-refractivity contribution < 1.29 is 27.0 Å². The van der Waals surface area contributed by atoms with E-state index in [0.717, 1.165) is 5.56 Å². The van der Waals surface area contributed by atoms with E-state index in [1.807, 2.05) is 31.2 Å². The lowest BCUT2D eigenvalue weighted by Crippen LogP contribution is -2.21. The third-order valence-electron chi connectivity index (χ3n) is 6.71. The summed E-state index contributed by atoms with van der Waals surface area (Å²) >= 11 is 0. The summed E-state index contributed by atoms with van der Waals surface area (Å²) in [5.41, 5.74) is 2.29. The molecule has 190 valence electrons. The van der Waals surface area contributed by atoms with Gasteiger partial charge in [0.1, 0.15) is 0 Å². The van der Waals surface area contributed by atoms with Crippen LogP contribution in [-0.2, 0) is 11.3 Å². The van der Waals surface area contributed by atoms with E-state index in [2.05, 4.69) is 0 Å². The minimum atomic E-state index is -0.956. The highest BCUT2D eigenvalue weighted by molar-refractivity contribution is 5.66. The van der Waals surface area contributed by atoms with E-state index in [9.17, 15) is 17.6 Å². The summed E-state index contributed by atoms with van der Waals surface area (Å²) in [5.74, 6) is -3.83. The Kier molecular flexibility index (Phi) is 8.47. The first kappa shape index (κ1) is 26.0. The fraction of sp³-hybridized carbons (Fsp3) is 0.333. The molecule has 0 spiro atoms. The first-order valence-corrected chi connectivity index (χ1v) is 12.3. The van der Waals surface area contributed by atoms with Crippen LogP contribution in [0.4, 0.5) is 17.6 Å². The topological polar surface area (TPSA) is 18.5 Å². The fourth-order valence-electron chi connectivity index (χ4n) is 4.77. The molecule has 0 bridgehead atoms. The highest BCUT2D eigenvalue weighted by atomic mass is 19.2. The quantitative estimate of drug-likeness (QED) is 0.290. The summed E-state index contributed by atoms with van der Waals surface area (Å²) in [6.45, 7) is 3.84. The van der Waals surface area contributed by atoms with Crippen molar-refractivity contribution in [3.05, 3.63) is 94.6 Å². The Morgan fingerprint density at radius 2 is 1.53 bits per heavy atom. The van der Waals surface area contributed by atoms with Gasteiger partial charge in [-0.15, -0.1) is 0 Å². The molecule has 4 rings (SSSR count). The van der Waals surface area contributed by atoms with Crippen LogP contribution < -0.4 is 4.74 Å². The molecule has 0 aromatic heterocycles. The zero-order chi connectivity index (χ0) is 25.7. The van der Waals surface area contributed by atoms with E-state index in [4.69, 9.17) is 9.47 Å². The highest BCUT2D eigenvalue weighted by Crippen LogP contribution is 2.38. The molecule has 1 saturated carbocycles. The Balaban J connectivity index is 1.36. The van der Waals surface area contributed by atoms with E-state index in [1.54, 1.807) is 37.3 Å². The number of halogens is 4. The Bertz CT molecular complexity index is 1210. The minimum Gasteiger partial charge on any atom is -0.491 e. The van der Waals surface area contributed by atoms with Crippen molar-refractivity contribution in [2.75, 3.05) is 6.61 Å². The van der Waals surface area contributed by atoms with Gasteiger partial charge in [-0.25, -0.2) is 13.2 Å². The first-order valence-electron chi connectivity index (χ1n) is 12.3. The molecular weight excluding hydrogens is 468 g/mol. The number of hydrogen-bond donors (Lipinski definition) is 0. The molecule has 0 atom stereocenters. The number of ether oxygens (including phenoxy) is 2. The van der Waals surface area contributed by atoms with Crippen LogP contribution in [0.15, 0.2) is 54.6 Å². The van der Waals surface area contributed by atoms with Crippen molar-refractivity contribution in [3.8, 4) is 16.9 Å². The van der Waals surface area contributed by atoms with Crippen LogP contribution in [0.1, 0.15) is 62.1 Å². The van der Waals surface area contributed by atoms with Crippen LogP contribution in [-0.4, -0.2) is 12.7 Å². The summed E-state index contributed by atoms with van der Waals surface area (Å²) in [5, 5.41) is 0. The summed E-state index contributed by atoms with van der Waals surface area (Å²) in [6.07, 6.45) is 6.18. The van der Waals surface area contributed by atoms with Gasteiger partial charge in [0.15, 0.2) is 23.2 Å². The van der Waals surface area contributed by atoms with Gasteiger partial charge in [0.25, 0.3) is 0 Å². The molecule has 0 amide bonds. The Hall–Kier alpha value is -3.12. The third kappa shape index (κ3) is 5.65. The second kappa shape index (κ2) is 11.7. The molecule has 1 aliphatic rings. The standard InChI is InChI=1S/C30H30F4O2/c1-3-5-19-6-8-20(9-7-19)24-15-12-22(27(31)28(24)32)18-36-23-13-10-21(11-14-23)25-16-17-26(35-4-2)30(34)29(25)33/h3,5-9,12,15-17,21,23H,4,10-11,13-14,18H2,1-2H3. The molecule has 36 heavy (non-hydrogen) atoms. The van der Waals surface area contributed by atoms with Crippen LogP contribution >= 0.6 is 0 Å². The average Bonchev–Trinajstić information content (AvgIpc) is 2.89. The zero-order valence-electron chi connectivity index (χ0n) is 20.5. The van der Waals surface area contributed by atoms with Gasteiger partial charge in [0.05, 0.1) is 19.3 Å². The monoisotopic (exact) mass is 498 g/mol. The number of rotatable bonds is 8. The Labute approximate surface area is 209 Å². The normalized spacial score (nSPS) is 18.1. The number of allylic oxidation sites excluding steroid dienone is 1. The molecule has 6 heteroatoms. The van der Waals surface area contributed by atoms with E-state index in [1.165, 1.54) is 6.07 Å². The second-order valence-corrected chi connectivity index (χ2v) is 9.02. The third-order valence-corrected chi connectivity index (χ3v) is 6.71. The van der Waals surface area contributed by atoms with Gasteiger partial charge < -0.3 is 9.47 Å². The molecule has 0 radical (unpaired) electrons. The molecule has 0 saturated heterocycles. The van der Waals surface area contributed by atoms with Crippen molar-refractivity contribution in [1.82, 2.24) is 0 Å². The highest BCUT2D eigenvalue weighted by Gasteiger charge is 2.27. The molecule has 0 N–H and O–H groups in total. The smallest absolute Gasteiger partial charge is 0.200 e. The van der Waals surface area contributed by atoms with Crippen molar-refractivity contribution in [2.24, 2.45) is 0 Å². The van der Waals surface area contributed by atoms with E-state index >= 15 is 0 Å². The van der Waals surface area contributed by atoms with E-state index in [0.29, 0.717) is 36.8 Å². The molecule has 2 nitrogen and oxygen atoms in total. The lowest BCUT2D eigenvalue weighted by Gasteiger charge is -2.29. The molecule has 3 aromatic carbocycles. The predicted molar refractivity (Wildman–Crippen MR) is 134 cm³/mol. The molecule has 0 aliphatic heterocycles. The van der Waals surface area contributed by atoms with Crippen LogP contribution in [0.3, 0.4) is 0 Å². The molecule has 0 unspecified atom stereocenters. The number of benzene rings is 3. The SMILES string of the molecule is CC=Cc1ccc(-c2ccc(COC3CCC(c4ccc(OCC)c(F)c4F)CC3)c(F)c2F)cc1. The second-order valence-electron chi connectivity index (χ2n) is 9.02. The summed E-state index contributed by atoms with van der Waals surface area (Å²) in [7, 11) is 0. The Morgan fingerprint density at radius 1 is 0.806 bits per heavy atom. The lowest BCUT2D eigenvalue weighted by molar-refractivity contribution is 0.0116. The fourth-order valence-corrected chi connectivity index (χ4v) is 4.77. The van der Waals surface area contributed by atoms with Crippen molar-refractivity contribution in [2.45, 2.75) is 58.2 Å². The lowest BCUT2D eigenvalue weighted by atomic mass is 9.82. The maximum atomic E-state index is 14.8. The molecule has 1 aliphatic carbocycles. The first-order chi connectivity index (χ1) is 17.4. The van der Waals surface area contributed by atoms with Crippen LogP contribution in [0.25, 0.3) is 17.2 Å². The van der Waals surface area contributed by atoms with Crippen LogP contribution in [0, 0.1) is 23.3 Å². The predicted octanol–water partition coefficient (Wildman–Crippen LogP) is 8.58. The maximum absolute atomic E-state index is 14.8. The minimum absolute atomic E-state index is 0.0510. The van der Waals surface area contributed by atoms with Crippen molar-refractivity contribution >= 4 is 6.08 Å². The van der Waals surface area contributed by atoms with Gasteiger partial charge >= 0.3 is 0 Å². The van der Waals surface area contributed by atoms with Gasteiger partial charge in [-0.1, -0.05) is 54.6 Å². The molecule has 3 aromatic rings. The Morgan fingerprint density at radius 3 is 2.19 bits per heavy atom. The van der Waals surface area contributed by atoms with Gasteiger partial charge in [0.2, 0.25) is 5.82 Å². The van der Waals surface area contributed by atoms with Crippen LogP contribution in [0.2, 0.25) is 0 Å². The zero-order valence-corrected chi connectivity index (χ0v) is 20.5. The maximum Gasteiger partial charge on any atom is 0.200 e. The molecule has 1 fully saturated rings.